The topological polar surface area (TPSA) is 46.6 Å². The lowest BCUT2D eigenvalue weighted by atomic mass is 10.3. The summed E-state index contributed by atoms with van der Waals surface area (Å²) in [5, 5.41) is 0. The lowest BCUT2D eigenvalue weighted by molar-refractivity contribution is -0.138. The van der Waals surface area contributed by atoms with Crippen LogP contribution in [0.25, 0.3) is 0 Å². The van der Waals surface area contributed by atoms with E-state index in [9.17, 15) is 9.59 Å². The fraction of sp³-hybridized carbons (Fsp3) is 0.333. The first-order chi connectivity index (χ1) is 8.16. The first-order valence-corrected chi connectivity index (χ1v) is 6.17. The Labute approximate surface area is 108 Å². The summed E-state index contributed by atoms with van der Waals surface area (Å²) in [6.45, 7) is 0.651. The molecule has 1 aliphatic rings. The Balaban J connectivity index is 1.83. The van der Waals surface area contributed by atoms with Crippen LogP contribution in [0.5, 0.6) is 5.75 Å². The van der Waals surface area contributed by atoms with Gasteiger partial charge in [0, 0.05) is 17.3 Å². The van der Waals surface area contributed by atoms with Gasteiger partial charge in [-0.1, -0.05) is 22.0 Å². The fourth-order valence-corrected chi connectivity index (χ4v) is 2.06. The quantitative estimate of drug-likeness (QED) is 0.799. The van der Waals surface area contributed by atoms with Gasteiger partial charge in [0.25, 0.3) is 0 Å². The van der Waals surface area contributed by atoms with Crippen LogP contribution in [0.4, 0.5) is 0 Å². The second-order valence-electron chi connectivity index (χ2n) is 3.74. The van der Waals surface area contributed by atoms with E-state index in [0.29, 0.717) is 26.0 Å². The maximum absolute atomic E-state index is 11.3. The normalized spacial score (nSPS) is 15.5. The zero-order chi connectivity index (χ0) is 12.3. The minimum Gasteiger partial charge on any atom is -0.492 e. The molecule has 0 spiro atoms. The summed E-state index contributed by atoms with van der Waals surface area (Å²) in [6.07, 6.45) is 0.658. The Kier molecular flexibility index (Phi) is 3.78. The van der Waals surface area contributed by atoms with Crippen molar-refractivity contribution in [2.24, 2.45) is 0 Å². The van der Waals surface area contributed by atoms with Crippen molar-refractivity contribution in [3.05, 3.63) is 28.7 Å². The number of ether oxygens (including phenoxy) is 1. The van der Waals surface area contributed by atoms with E-state index in [4.69, 9.17) is 4.74 Å². The monoisotopic (exact) mass is 297 g/mol. The first-order valence-electron chi connectivity index (χ1n) is 5.38. The van der Waals surface area contributed by atoms with Gasteiger partial charge in [-0.3, -0.25) is 14.5 Å². The number of carbonyl (C=O) groups excluding carboxylic acids is 2. The molecule has 5 heteroatoms. The molecule has 0 aromatic heterocycles. The number of nitrogens with zero attached hydrogens (tertiary/aromatic N) is 1. The van der Waals surface area contributed by atoms with Crippen molar-refractivity contribution in [2.45, 2.75) is 12.8 Å². The third-order valence-electron chi connectivity index (χ3n) is 2.53. The molecule has 17 heavy (non-hydrogen) atoms. The molecule has 1 fully saturated rings. The zero-order valence-electron chi connectivity index (χ0n) is 9.19. The molecule has 0 saturated carbocycles. The van der Waals surface area contributed by atoms with Crippen LogP contribution in [0.2, 0.25) is 0 Å². The summed E-state index contributed by atoms with van der Waals surface area (Å²) in [7, 11) is 0. The first kappa shape index (κ1) is 12.1. The summed E-state index contributed by atoms with van der Waals surface area (Å²) in [5.41, 5.74) is 0. The Morgan fingerprint density at radius 2 is 1.94 bits per heavy atom. The molecule has 1 saturated heterocycles. The van der Waals surface area contributed by atoms with Crippen molar-refractivity contribution in [2.75, 3.05) is 13.2 Å². The van der Waals surface area contributed by atoms with E-state index >= 15 is 0 Å². The van der Waals surface area contributed by atoms with Gasteiger partial charge in [-0.2, -0.15) is 0 Å². The second-order valence-corrected chi connectivity index (χ2v) is 4.66. The lowest BCUT2D eigenvalue weighted by Crippen LogP contribution is -2.33. The summed E-state index contributed by atoms with van der Waals surface area (Å²) in [6, 6.07) is 7.44. The molecule has 0 unspecified atom stereocenters. The van der Waals surface area contributed by atoms with E-state index in [1.165, 1.54) is 4.90 Å². The molecule has 0 radical (unpaired) electrons. The second kappa shape index (κ2) is 5.31. The maximum Gasteiger partial charge on any atom is 0.229 e. The predicted molar refractivity (Wildman–Crippen MR) is 65.6 cm³/mol. The highest BCUT2D eigenvalue weighted by molar-refractivity contribution is 9.10. The number of amides is 2. The van der Waals surface area contributed by atoms with Crippen LogP contribution >= 0.6 is 15.9 Å². The Bertz CT molecular complexity index is 431. The van der Waals surface area contributed by atoms with Gasteiger partial charge >= 0.3 is 0 Å². The minimum absolute atomic E-state index is 0.104. The third-order valence-corrected chi connectivity index (χ3v) is 3.03. The summed E-state index contributed by atoms with van der Waals surface area (Å²) in [5.74, 6) is 0.513. The number of carbonyl (C=O) groups is 2. The summed E-state index contributed by atoms with van der Waals surface area (Å²) < 4.78 is 6.40. The van der Waals surface area contributed by atoms with Gasteiger partial charge in [-0.05, 0) is 18.2 Å². The number of benzene rings is 1. The molecule has 1 aromatic carbocycles. The van der Waals surface area contributed by atoms with E-state index in [1.807, 2.05) is 24.3 Å². The van der Waals surface area contributed by atoms with Crippen molar-refractivity contribution >= 4 is 27.7 Å². The molecule has 0 bridgehead atoms. The standard InChI is InChI=1S/C12H12BrNO3/c13-9-2-1-3-10(8-9)17-7-6-14-11(15)4-5-12(14)16/h1-3,8H,4-7H2. The van der Waals surface area contributed by atoms with Crippen LogP contribution < -0.4 is 4.74 Å². The van der Waals surface area contributed by atoms with Crippen LogP contribution in [-0.2, 0) is 9.59 Å². The van der Waals surface area contributed by atoms with Crippen molar-refractivity contribution < 1.29 is 14.3 Å². The highest BCUT2D eigenvalue weighted by atomic mass is 79.9. The molecule has 0 aliphatic carbocycles. The fourth-order valence-electron chi connectivity index (χ4n) is 1.68. The number of hydrogen-bond donors (Lipinski definition) is 0. The average Bonchev–Trinajstić information content (AvgIpc) is 2.61. The van der Waals surface area contributed by atoms with Gasteiger partial charge in [-0.15, -0.1) is 0 Å². The average molecular weight is 298 g/mol. The Hall–Kier alpha value is -1.36. The Morgan fingerprint density at radius 1 is 1.24 bits per heavy atom. The number of rotatable bonds is 4. The number of imide groups is 1. The third kappa shape index (κ3) is 3.06. The van der Waals surface area contributed by atoms with E-state index in [2.05, 4.69) is 15.9 Å². The largest absolute Gasteiger partial charge is 0.492 e. The predicted octanol–water partition coefficient (Wildman–Crippen LogP) is 1.98. The van der Waals surface area contributed by atoms with Crippen LogP contribution in [0.3, 0.4) is 0 Å². The van der Waals surface area contributed by atoms with Gasteiger partial charge in [0.1, 0.15) is 12.4 Å². The van der Waals surface area contributed by atoms with E-state index in [0.717, 1.165) is 10.2 Å². The zero-order valence-corrected chi connectivity index (χ0v) is 10.8. The molecule has 2 rings (SSSR count). The van der Waals surface area contributed by atoms with Gasteiger partial charge in [0.05, 0.1) is 6.54 Å². The molecule has 1 heterocycles. The molecular weight excluding hydrogens is 286 g/mol. The highest BCUT2D eigenvalue weighted by Gasteiger charge is 2.28. The van der Waals surface area contributed by atoms with Gasteiger partial charge in [0.2, 0.25) is 11.8 Å². The van der Waals surface area contributed by atoms with Crippen LogP contribution in [0.15, 0.2) is 28.7 Å². The van der Waals surface area contributed by atoms with Crippen LogP contribution in [-0.4, -0.2) is 29.9 Å². The molecule has 1 aromatic rings. The van der Waals surface area contributed by atoms with E-state index < -0.39 is 0 Å². The number of likely N-dealkylation sites (tertiary alicyclic amines) is 1. The lowest BCUT2D eigenvalue weighted by Gasteiger charge is -2.14. The van der Waals surface area contributed by atoms with E-state index in [1.54, 1.807) is 0 Å². The van der Waals surface area contributed by atoms with E-state index in [-0.39, 0.29) is 11.8 Å². The van der Waals surface area contributed by atoms with Crippen LogP contribution in [0, 0.1) is 0 Å². The van der Waals surface area contributed by atoms with Gasteiger partial charge in [0.15, 0.2) is 0 Å². The van der Waals surface area contributed by atoms with Crippen molar-refractivity contribution in [1.29, 1.82) is 0 Å². The van der Waals surface area contributed by atoms with Gasteiger partial charge < -0.3 is 4.74 Å². The molecular formula is C12H12BrNO3. The molecule has 1 aliphatic heterocycles. The van der Waals surface area contributed by atoms with Crippen molar-refractivity contribution in [3.63, 3.8) is 0 Å². The summed E-state index contributed by atoms with van der Waals surface area (Å²) >= 11 is 3.34. The van der Waals surface area contributed by atoms with Crippen molar-refractivity contribution in [1.82, 2.24) is 4.90 Å². The molecule has 2 amide bonds. The minimum atomic E-state index is -0.104. The van der Waals surface area contributed by atoms with Crippen LogP contribution in [0.1, 0.15) is 12.8 Å². The highest BCUT2D eigenvalue weighted by Crippen LogP contribution is 2.18. The summed E-state index contributed by atoms with van der Waals surface area (Å²) in [4.78, 5) is 23.9. The molecule has 90 valence electrons. The molecule has 4 nitrogen and oxygen atoms in total. The molecule has 0 N–H and O–H groups in total. The maximum atomic E-state index is 11.3. The number of hydrogen-bond acceptors (Lipinski definition) is 3. The van der Waals surface area contributed by atoms with Gasteiger partial charge in [-0.25, -0.2) is 0 Å². The number of halogens is 1. The van der Waals surface area contributed by atoms with Crippen molar-refractivity contribution in [3.8, 4) is 5.75 Å². The SMILES string of the molecule is O=C1CCC(=O)N1CCOc1cccc(Br)c1. The molecule has 0 atom stereocenters. The Morgan fingerprint density at radius 3 is 2.59 bits per heavy atom. The smallest absolute Gasteiger partial charge is 0.229 e.